The van der Waals surface area contributed by atoms with Crippen LogP contribution in [0, 0.1) is 17.0 Å². The number of nitro groups is 1. The van der Waals surface area contributed by atoms with Crippen molar-refractivity contribution in [1.82, 2.24) is 10.6 Å². The van der Waals surface area contributed by atoms with Crippen molar-refractivity contribution < 1.29 is 13.3 Å². The van der Waals surface area contributed by atoms with Gasteiger partial charge >= 0.3 is 0 Å². The lowest BCUT2D eigenvalue weighted by molar-refractivity contribution is -0.384. The predicted molar refractivity (Wildman–Crippen MR) is 120 cm³/mol. The van der Waals surface area contributed by atoms with Gasteiger partial charge in [0.2, 0.25) is 0 Å². The van der Waals surface area contributed by atoms with E-state index in [1.807, 2.05) is 6.07 Å². The summed E-state index contributed by atoms with van der Waals surface area (Å²) in [4.78, 5) is 14.8. The van der Waals surface area contributed by atoms with Gasteiger partial charge in [0.25, 0.3) is 5.69 Å². The summed E-state index contributed by atoms with van der Waals surface area (Å²) in [6.07, 6.45) is 1.19. The molecule has 10 heteroatoms. The lowest BCUT2D eigenvalue weighted by atomic mass is 10.1. The number of guanidine groups is 1. The van der Waals surface area contributed by atoms with Crippen LogP contribution in [0.3, 0.4) is 0 Å². The molecule has 28 heavy (non-hydrogen) atoms. The van der Waals surface area contributed by atoms with Crippen molar-refractivity contribution >= 4 is 45.5 Å². The number of aliphatic imine (C=N–C) groups is 1. The number of rotatable bonds is 6. The Bertz CT molecular complexity index is 977. The van der Waals surface area contributed by atoms with E-state index in [0.29, 0.717) is 29.5 Å². The first-order valence-electron chi connectivity index (χ1n) is 8.18. The maximum atomic E-state index is 11.7. The van der Waals surface area contributed by atoms with Gasteiger partial charge in [0, 0.05) is 38.5 Å². The second kappa shape index (κ2) is 10.4. The van der Waals surface area contributed by atoms with Crippen LogP contribution in [0.4, 0.5) is 5.69 Å². The van der Waals surface area contributed by atoms with E-state index < -0.39 is 14.8 Å². The van der Waals surface area contributed by atoms with Gasteiger partial charge in [-0.15, -0.1) is 24.0 Å². The maximum Gasteiger partial charge on any atom is 0.269 e. The molecule has 0 spiro atoms. The molecule has 0 aliphatic heterocycles. The van der Waals surface area contributed by atoms with Crippen LogP contribution in [-0.4, -0.2) is 32.6 Å². The molecule has 152 valence electrons. The molecule has 2 rings (SSSR count). The lowest BCUT2D eigenvalue weighted by Crippen LogP contribution is -2.36. The zero-order valence-corrected chi connectivity index (χ0v) is 18.9. The van der Waals surface area contributed by atoms with Crippen LogP contribution in [0.2, 0.25) is 0 Å². The fourth-order valence-corrected chi connectivity index (χ4v) is 3.57. The van der Waals surface area contributed by atoms with Crippen molar-refractivity contribution in [2.75, 3.05) is 13.3 Å². The molecular weight excluding hydrogens is 495 g/mol. The van der Waals surface area contributed by atoms with E-state index in [9.17, 15) is 18.5 Å². The largest absolute Gasteiger partial charge is 0.352 e. The van der Waals surface area contributed by atoms with Crippen molar-refractivity contribution in [3.63, 3.8) is 0 Å². The minimum atomic E-state index is -3.24. The van der Waals surface area contributed by atoms with Crippen molar-refractivity contribution in [1.29, 1.82) is 0 Å². The Labute approximate surface area is 181 Å². The molecule has 0 unspecified atom stereocenters. The molecule has 2 aromatic rings. The minimum Gasteiger partial charge on any atom is -0.352 e. The Balaban J connectivity index is 0.00000392. The smallest absolute Gasteiger partial charge is 0.269 e. The molecule has 0 heterocycles. The Hall–Kier alpha value is -2.21. The van der Waals surface area contributed by atoms with Gasteiger partial charge in [-0.3, -0.25) is 15.1 Å². The first-order valence-corrected chi connectivity index (χ1v) is 10.1. The van der Waals surface area contributed by atoms with Crippen LogP contribution in [0.1, 0.15) is 16.7 Å². The highest BCUT2D eigenvalue weighted by atomic mass is 127. The van der Waals surface area contributed by atoms with Crippen LogP contribution >= 0.6 is 24.0 Å². The molecule has 0 aromatic heterocycles. The summed E-state index contributed by atoms with van der Waals surface area (Å²) < 4.78 is 23.4. The Kier molecular flexibility index (Phi) is 8.82. The van der Waals surface area contributed by atoms with Gasteiger partial charge in [-0.1, -0.05) is 24.3 Å². The van der Waals surface area contributed by atoms with Crippen molar-refractivity contribution in [3.05, 3.63) is 69.3 Å². The number of benzene rings is 2. The molecule has 0 aliphatic rings. The number of halogens is 1. The minimum absolute atomic E-state index is 0. The van der Waals surface area contributed by atoms with E-state index in [-0.39, 0.29) is 29.7 Å². The van der Waals surface area contributed by atoms with Gasteiger partial charge < -0.3 is 10.6 Å². The van der Waals surface area contributed by atoms with E-state index in [1.54, 1.807) is 38.2 Å². The fraction of sp³-hybridized carbons (Fsp3) is 0.278. The summed E-state index contributed by atoms with van der Waals surface area (Å²) in [6, 6.07) is 11.5. The number of nitro benzene ring substituents is 1. The summed E-state index contributed by atoms with van der Waals surface area (Å²) in [6.45, 7) is 2.60. The maximum absolute atomic E-state index is 11.7. The van der Waals surface area contributed by atoms with E-state index in [4.69, 9.17) is 0 Å². The number of aryl methyl sites for hydroxylation is 1. The van der Waals surface area contributed by atoms with E-state index in [1.165, 1.54) is 18.4 Å². The van der Waals surface area contributed by atoms with Crippen molar-refractivity contribution in [2.45, 2.75) is 24.9 Å². The van der Waals surface area contributed by atoms with Crippen molar-refractivity contribution in [2.24, 2.45) is 4.99 Å². The number of hydrogen-bond acceptors (Lipinski definition) is 5. The molecule has 0 fully saturated rings. The summed E-state index contributed by atoms with van der Waals surface area (Å²) in [5, 5.41) is 17.1. The van der Waals surface area contributed by atoms with Gasteiger partial charge in [-0.25, -0.2) is 8.42 Å². The van der Waals surface area contributed by atoms with E-state index >= 15 is 0 Å². The lowest BCUT2D eigenvalue weighted by Gasteiger charge is -2.13. The van der Waals surface area contributed by atoms with Crippen LogP contribution in [0.5, 0.6) is 0 Å². The van der Waals surface area contributed by atoms with Crippen LogP contribution in [-0.2, 0) is 22.9 Å². The molecule has 2 aromatic carbocycles. The molecule has 8 nitrogen and oxygen atoms in total. The molecule has 0 saturated heterocycles. The highest BCUT2D eigenvalue weighted by molar-refractivity contribution is 14.0. The summed E-state index contributed by atoms with van der Waals surface area (Å²) >= 11 is 0. The third kappa shape index (κ3) is 6.75. The SMILES string of the molecule is CN=C(NCc1cccc([N+](=O)[O-])c1)NCc1ccc(S(C)(=O)=O)c(C)c1.I. The zero-order valence-electron chi connectivity index (χ0n) is 15.8. The number of sulfone groups is 1. The van der Waals surface area contributed by atoms with E-state index in [0.717, 1.165) is 11.1 Å². The van der Waals surface area contributed by atoms with Crippen LogP contribution < -0.4 is 10.6 Å². The predicted octanol–water partition coefficient (Wildman–Crippen LogP) is 2.79. The monoisotopic (exact) mass is 518 g/mol. The standard InChI is InChI=1S/C18H22N4O4S.HI/c1-13-9-15(7-8-17(13)27(3,25)26)12-21-18(19-2)20-11-14-5-4-6-16(10-14)22(23)24;/h4-10H,11-12H2,1-3H3,(H2,19,20,21);1H. The summed E-state index contributed by atoms with van der Waals surface area (Å²) in [7, 11) is -1.61. The summed E-state index contributed by atoms with van der Waals surface area (Å²) in [5.74, 6) is 0.534. The van der Waals surface area contributed by atoms with Gasteiger partial charge in [0.05, 0.1) is 9.82 Å². The van der Waals surface area contributed by atoms with Gasteiger partial charge in [-0.2, -0.15) is 0 Å². The highest BCUT2D eigenvalue weighted by Gasteiger charge is 2.11. The molecule has 0 saturated carbocycles. The second-order valence-electron chi connectivity index (χ2n) is 6.08. The number of non-ortho nitro benzene ring substituents is 1. The molecule has 0 amide bonds. The van der Waals surface area contributed by atoms with Crippen LogP contribution in [0.15, 0.2) is 52.4 Å². The Morgan fingerprint density at radius 1 is 1.11 bits per heavy atom. The number of nitrogens with one attached hydrogen (secondary N) is 2. The molecule has 0 radical (unpaired) electrons. The molecule has 0 atom stereocenters. The third-order valence-corrected chi connectivity index (χ3v) is 5.16. The van der Waals surface area contributed by atoms with Crippen LogP contribution in [0.25, 0.3) is 0 Å². The molecule has 0 bridgehead atoms. The number of hydrogen-bond donors (Lipinski definition) is 2. The van der Waals surface area contributed by atoms with Crippen molar-refractivity contribution in [3.8, 4) is 0 Å². The second-order valence-corrected chi connectivity index (χ2v) is 8.06. The first-order chi connectivity index (χ1) is 12.7. The normalized spacial score (nSPS) is 11.5. The topological polar surface area (TPSA) is 114 Å². The fourth-order valence-electron chi connectivity index (χ4n) is 2.61. The van der Waals surface area contributed by atoms with Gasteiger partial charge in [-0.05, 0) is 29.7 Å². The Morgan fingerprint density at radius 3 is 2.21 bits per heavy atom. The van der Waals surface area contributed by atoms with E-state index in [2.05, 4.69) is 15.6 Å². The highest BCUT2D eigenvalue weighted by Crippen LogP contribution is 2.16. The third-order valence-electron chi connectivity index (χ3n) is 3.90. The molecular formula is C18H23IN4O4S. The average molecular weight is 518 g/mol. The quantitative estimate of drug-likeness (QED) is 0.200. The molecule has 0 aliphatic carbocycles. The molecule has 2 N–H and O–H groups in total. The van der Waals surface area contributed by atoms with Gasteiger partial charge in [0.1, 0.15) is 0 Å². The average Bonchev–Trinajstić information content (AvgIpc) is 2.61. The Morgan fingerprint density at radius 2 is 1.71 bits per heavy atom. The summed E-state index contributed by atoms with van der Waals surface area (Å²) in [5.41, 5.74) is 2.41. The number of nitrogens with zero attached hydrogens (tertiary/aromatic N) is 2. The zero-order chi connectivity index (χ0) is 20.0. The van der Waals surface area contributed by atoms with Gasteiger partial charge in [0.15, 0.2) is 15.8 Å². The first kappa shape index (κ1) is 23.8.